The second kappa shape index (κ2) is 11.2. The van der Waals surface area contributed by atoms with Gasteiger partial charge in [0.2, 0.25) is 0 Å². The third-order valence-corrected chi connectivity index (χ3v) is 6.42. The van der Waals surface area contributed by atoms with Gasteiger partial charge in [0.15, 0.2) is 5.96 Å². The first-order valence-corrected chi connectivity index (χ1v) is 11.5. The maximum absolute atomic E-state index is 4.72. The molecular weight excluding hydrogens is 380 g/mol. The molecule has 1 saturated heterocycles. The first-order chi connectivity index (χ1) is 14.2. The van der Waals surface area contributed by atoms with Crippen molar-refractivity contribution < 1.29 is 0 Å². The van der Waals surface area contributed by atoms with Gasteiger partial charge >= 0.3 is 0 Å². The molecule has 2 aromatic rings. The lowest BCUT2D eigenvalue weighted by molar-refractivity contribution is 0.197. The van der Waals surface area contributed by atoms with Gasteiger partial charge in [-0.2, -0.15) is 0 Å². The number of aromatic nitrogens is 1. The van der Waals surface area contributed by atoms with Crippen molar-refractivity contribution in [2.24, 2.45) is 4.99 Å². The number of nitrogens with one attached hydrogen (secondary N) is 2. The smallest absolute Gasteiger partial charge is 0.191 e. The van der Waals surface area contributed by atoms with Gasteiger partial charge in [-0.25, -0.2) is 9.98 Å². The van der Waals surface area contributed by atoms with E-state index >= 15 is 0 Å². The van der Waals surface area contributed by atoms with E-state index in [1.165, 1.54) is 10.6 Å². The number of nitrogens with zero attached hydrogens (tertiary/aromatic N) is 4. The molecule has 0 saturated carbocycles. The molecule has 1 fully saturated rings. The second-order valence-electron chi connectivity index (χ2n) is 7.36. The molecule has 158 valence electrons. The molecule has 6 nitrogen and oxygen atoms in total. The van der Waals surface area contributed by atoms with E-state index in [9.17, 15) is 0 Å². The predicted octanol–water partition coefficient (Wildman–Crippen LogP) is 2.97. The van der Waals surface area contributed by atoms with Crippen LogP contribution in [0.15, 0.2) is 41.5 Å². The summed E-state index contributed by atoms with van der Waals surface area (Å²) in [6, 6.07) is 11.2. The third-order valence-electron chi connectivity index (χ3n) is 5.29. The number of aliphatic imine (C=N–C) groups is 1. The number of piperazine rings is 1. The van der Waals surface area contributed by atoms with Crippen molar-refractivity contribution in [3.63, 3.8) is 0 Å². The van der Waals surface area contributed by atoms with Gasteiger partial charge in [0.25, 0.3) is 0 Å². The van der Waals surface area contributed by atoms with Gasteiger partial charge in [-0.15, -0.1) is 11.3 Å². The number of rotatable bonds is 8. The molecule has 0 radical (unpaired) electrons. The van der Waals surface area contributed by atoms with Crippen LogP contribution >= 0.6 is 11.3 Å². The van der Waals surface area contributed by atoms with Crippen molar-refractivity contribution in [3.05, 3.63) is 46.4 Å². The summed E-state index contributed by atoms with van der Waals surface area (Å²) in [6.07, 6.45) is 3.00. The molecule has 0 spiro atoms. The molecule has 1 aromatic heterocycles. The minimum absolute atomic E-state index is 0.461. The van der Waals surface area contributed by atoms with Gasteiger partial charge in [0, 0.05) is 62.1 Å². The highest BCUT2D eigenvalue weighted by molar-refractivity contribution is 7.11. The molecule has 0 bridgehead atoms. The molecule has 1 atom stereocenters. The van der Waals surface area contributed by atoms with E-state index in [0.717, 1.165) is 56.7 Å². The van der Waals surface area contributed by atoms with Crippen LogP contribution in [0.4, 0.5) is 5.69 Å². The van der Waals surface area contributed by atoms with Crippen LogP contribution in [-0.2, 0) is 13.0 Å². The molecule has 29 heavy (non-hydrogen) atoms. The quantitative estimate of drug-likeness (QED) is 0.514. The average Bonchev–Trinajstić information content (AvgIpc) is 3.24. The molecule has 0 amide bonds. The lowest BCUT2D eigenvalue weighted by Gasteiger charge is -2.39. The summed E-state index contributed by atoms with van der Waals surface area (Å²) >= 11 is 1.75. The maximum atomic E-state index is 4.72. The Morgan fingerprint density at radius 1 is 1.14 bits per heavy atom. The van der Waals surface area contributed by atoms with Crippen LogP contribution in [0.2, 0.25) is 0 Å². The van der Waals surface area contributed by atoms with Crippen LogP contribution in [0, 0.1) is 0 Å². The van der Waals surface area contributed by atoms with Crippen LogP contribution in [-0.4, -0.2) is 61.2 Å². The van der Waals surface area contributed by atoms with Gasteiger partial charge < -0.3 is 15.5 Å². The fourth-order valence-electron chi connectivity index (χ4n) is 3.51. The molecule has 0 aliphatic carbocycles. The average molecular weight is 415 g/mol. The minimum atomic E-state index is 0.461. The highest BCUT2D eigenvalue weighted by Crippen LogP contribution is 2.16. The number of thiazole rings is 1. The number of benzene rings is 1. The van der Waals surface area contributed by atoms with Gasteiger partial charge in [0.1, 0.15) is 5.01 Å². The minimum Gasteiger partial charge on any atom is -0.369 e. The van der Waals surface area contributed by atoms with E-state index in [1.54, 1.807) is 11.3 Å². The Kier molecular flexibility index (Phi) is 8.31. The molecule has 7 heteroatoms. The molecule has 2 N–H and O–H groups in total. The summed E-state index contributed by atoms with van der Waals surface area (Å²) < 4.78 is 0. The maximum Gasteiger partial charge on any atom is 0.191 e. The summed E-state index contributed by atoms with van der Waals surface area (Å²) in [7, 11) is 0. The highest BCUT2D eigenvalue weighted by atomic mass is 32.1. The van der Waals surface area contributed by atoms with Crippen molar-refractivity contribution in [2.45, 2.75) is 39.8 Å². The van der Waals surface area contributed by atoms with E-state index in [2.05, 4.69) is 76.5 Å². The Morgan fingerprint density at radius 2 is 1.90 bits per heavy atom. The van der Waals surface area contributed by atoms with Crippen molar-refractivity contribution >= 4 is 23.0 Å². The molecule has 1 aliphatic heterocycles. The Hall–Kier alpha value is -2.12. The summed E-state index contributed by atoms with van der Waals surface area (Å²) in [6.45, 7) is 13.2. The van der Waals surface area contributed by atoms with Crippen LogP contribution in [0.1, 0.15) is 30.7 Å². The van der Waals surface area contributed by atoms with Crippen LogP contribution in [0.5, 0.6) is 0 Å². The summed E-state index contributed by atoms with van der Waals surface area (Å²) in [5.74, 6) is 0.871. The third kappa shape index (κ3) is 6.44. The molecule has 1 aliphatic rings. The highest BCUT2D eigenvalue weighted by Gasteiger charge is 2.21. The Balaban J connectivity index is 1.46. The molecule has 3 rings (SSSR count). The number of para-hydroxylation sites is 1. The molecular formula is C22H34N6S. The van der Waals surface area contributed by atoms with E-state index in [1.807, 2.05) is 6.20 Å². The van der Waals surface area contributed by atoms with E-state index in [0.29, 0.717) is 12.6 Å². The summed E-state index contributed by atoms with van der Waals surface area (Å²) in [5, 5.41) is 7.93. The lowest BCUT2D eigenvalue weighted by atomic mass is 10.2. The monoisotopic (exact) mass is 414 g/mol. The molecule has 2 heterocycles. The van der Waals surface area contributed by atoms with Gasteiger partial charge in [-0.1, -0.05) is 25.1 Å². The lowest BCUT2D eigenvalue weighted by Crippen LogP contribution is -2.53. The fourth-order valence-corrected chi connectivity index (χ4v) is 4.29. The van der Waals surface area contributed by atoms with E-state index < -0.39 is 0 Å². The SMILES string of the molecule is CCNC(=NCc1ncc(CC)s1)NCC(C)N1CCN(c2ccccc2)CC1. The standard InChI is InChI=1S/C22H34N6S/c1-4-20-16-24-21(29-20)17-26-22(23-5-2)25-15-18(3)27-11-13-28(14-12-27)19-9-7-6-8-10-19/h6-10,16,18H,4-5,11-15,17H2,1-3H3,(H2,23,25,26). The van der Waals surface area contributed by atoms with Crippen molar-refractivity contribution in [2.75, 3.05) is 44.2 Å². The number of hydrogen-bond acceptors (Lipinski definition) is 5. The van der Waals surface area contributed by atoms with Gasteiger partial charge in [0.05, 0.1) is 6.54 Å². The Morgan fingerprint density at radius 3 is 2.55 bits per heavy atom. The van der Waals surface area contributed by atoms with Gasteiger partial charge in [-0.3, -0.25) is 4.90 Å². The van der Waals surface area contributed by atoms with Crippen molar-refractivity contribution in [1.82, 2.24) is 20.5 Å². The number of aryl methyl sites for hydroxylation is 1. The first kappa shape index (κ1) is 21.6. The van der Waals surface area contributed by atoms with Crippen LogP contribution in [0.3, 0.4) is 0 Å². The zero-order chi connectivity index (χ0) is 20.5. The number of guanidine groups is 1. The molecule has 1 unspecified atom stereocenters. The van der Waals surface area contributed by atoms with Crippen LogP contribution < -0.4 is 15.5 Å². The first-order valence-electron chi connectivity index (χ1n) is 10.7. The zero-order valence-corrected chi connectivity index (χ0v) is 18.7. The second-order valence-corrected chi connectivity index (χ2v) is 8.56. The summed E-state index contributed by atoms with van der Waals surface area (Å²) in [5.41, 5.74) is 1.33. The largest absolute Gasteiger partial charge is 0.369 e. The van der Waals surface area contributed by atoms with Gasteiger partial charge in [-0.05, 0) is 32.4 Å². The number of hydrogen-bond donors (Lipinski definition) is 2. The van der Waals surface area contributed by atoms with E-state index in [4.69, 9.17) is 4.99 Å². The Labute approximate surface area is 179 Å². The van der Waals surface area contributed by atoms with E-state index in [-0.39, 0.29) is 0 Å². The normalized spacial score (nSPS) is 16.7. The Bertz CT molecular complexity index is 752. The fraction of sp³-hybridized carbons (Fsp3) is 0.545. The van der Waals surface area contributed by atoms with Crippen molar-refractivity contribution in [3.8, 4) is 0 Å². The summed E-state index contributed by atoms with van der Waals surface area (Å²) in [4.78, 5) is 15.5. The molecule has 1 aromatic carbocycles. The van der Waals surface area contributed by atoms with Crippen LogP contribution in [0.25, 0.3) is 0 Å². The van der Waals surface area contributed by atoms with Crippen molar-refractivity contribution in [1.29, 1.82) is 0 Å². The predicted molar refractivity (Wildman–Crippen MR) is 124 cm³/mol. The topological polar surface area (TPSA) is 55.8 Å². The zero-order valence-electron chi connectivity index (χ0n) is 17.9. The number of anilines is 1.